The molecule has 2 aromatic rings. The number of piperazine rings is 1. The maximum Gasteiger partial charge on any atom is 0.385 e. The van der Waals surface area contributed by atoms with Gasteiger partial charge in [-0.05, 0) is 67.0 Å². The van der Waals surface area contributed by atoms with Gasteiger partial charge in [0.15, 0.2) is 0 Å². The monoisotopic (exact) mass is 616 g/mol. The van der Waals surface area contributed by atoms with Crippen LogP contribution in [0.5, 0.6) is 5.75 Å². The maximum absolute atomic E-state index is 13.5. The van der Waals surface area contributed by atoms with Crippen LogP contribution in [0.15, 0.2) is 58.0 Å². The SMILES string of the molecule is Cc1cc(SC2=C(O)CC(CCc3ccccc3)(C(C)C)OC2=O)c(C(C)(C)C)cc1OS(=O)(=O)N1CCN(C)CC1. The van der Waals surface area contributed by atoms with Crippen molar-refractivity contribution < 1.29 is 27.2 Å². The van der Waals surface area contributed by atoms with Crippen molar-refractivity contribution in [1.82, 2.24) is 9.21 Å². The van der Waals surface area contributed by atoms with Gasteiger partial charge in [0.2, 0.25) is 0 Å². The summed E-state index contributed by atoms with van der Waals surface area (Å²) >= 11 is 1.16. The molecule has 1 unspecified atom stereocenters. The highest BCUT2D eigenvalue weighted by Gasteiger charge is 2.44. The van der Waals surface area contributed by atoms with Crippen LogP contribution in [-0.2, 0) is 31.7 Å². The zero-order chi connectivity index (χ0) is 30.9. The third-order valence-corrected chi connectivity index (χ3v) is 10.8. The Balaban J connectivity index is 1.61. The lowest BCUT2D eigenvalue weighted by atomic mass is 9.80. The first-order chi connectivity index (χ1) is 19.6. The van der Waals surface area contributed by atoms with Crippen molar-refractivity contribution >= 4 is 28.0 Å². The van der Waals surface area contributed by atoms with Gasteiger partial charge in [0, 0.05) is 37.5 Å². The average Bonchev–Trinajstić information content (AvgIpc) is 2.91. The van der Waals surface area contributed by atoms with Gasteiger partial charge < -0.3 is 18.9 Å². The normalized spacial score (nSPS) is 21.1. The van der Waals surface area contributed by atoms with Gasteiger partial charge in [0.1, 0.15) is 22.0 Å². The number of carbonyl (C=O) groups excluding carboxylic acids is 1. The van der Waals surface area contributed by atoms with Crippen LogP contribution in [0, 0.1) is 12.8 Å². The van der Waals surface area contributed by atoms with E-state index in [2.05, 4.69) is 17.0 Å². The number of ether oxygens (including phenoxy) is 1. The van der Waals surface area contributed by atoms with E-state index in [-0.39, 0.29) is 28.8 Å². The summed E-state index contributed by atoms with van der Waals surface area (Å²) in [6, 6.07) is 13.6. The number of esters is 1. The Bertz CT molecular complexity index is 1420. The molecule has 0 spiro atoms. The first-order valence-electron chi connectivity index (χ1n) is 14.5. The highest BCUT2D eigenvalue weighted by Crippen LogP contribution is 2.46. The number of hydrogen-bond donors (Lipinski definition) is 1. The number of aryl methyl sites for hydroxylation is 2. The van der Waals surface area contributed by atoms with Gasteiger partial charge in [-0.1, -0.05) is 76.7 Å². The summed E-state index contributed by atoms with van der Waals surface area (Å²) < 4.78 is 39.4. The lowest BCUT2D eigenvalue weighted by Gasteiger charge is -2.40. The molecule has 2 aliphatic rings. The second-order valence-electron chi connectivity index (χ2n) is 12.8. The fourth-order valence-electron chi connectivity index (χ4n) is 5.31. The Morgan fingerprint density at radius 1 is 1.10 bits per heavy atom. The molecule has 1 atom stereocenters. The molecule has 0 bridgehead atoms. The Labute approximate surface area is 255 Å². The molecule has 2 heterocycles. The number of hydrogen-bond acceptors (Lipinski definition) is 8. The molecule has 42 heavy (non-hydrogen) atoms. The molecule has 0 amide bonds. The van der Waals surface area contributed by atoms with Crippen molar-refractivity contribution in [3.63, 3.8) is 0 Å². The molecule has 10 heteroatoms. The molecular formula is C32H44N2O6S2. The van der Waals surface area contributed by atoms with E-state index in [1.165, 1.54) is 4.31 Å². The predicted molar refractivity (Wildman–Crippen MR) is 167 cm³/mol. The number of aliphatic hydroxyl groups excluding tert-OH is 1. The summed E-state index contributed by atoms with van der Waals surface area (Å²) in [5.74, 6) is -0.258. The molecule has 0 aromatic heterocycles. The minimum absolute atomic E-state index is 0.00456. The van der Waals surface area contributed by atoms with E-state index in [0.717, 1.165) is 34.2 Å². The minimum atomic E-state index is -3.97. The van der Waals surface area contributed by atoms with E-state index in [1.54, 1.807) is 13.0 Å². The quantitative estimate of drug-likeness (QED) is 0.343. The molecular weight excluding hydrogens is 572 g/mol. The molecule has 0 radical (unpaired) electrons. The highest BCUT2D eigenvalue weighted by atomic mass is 32.2. The van der Waals surface area contributed by atoms with E-state index < -0.39 is 27.3 Å². The molecule has 8 nitrogen and oxygen atoms in total. The lowest BCUT2D eigenvalue weighted by Crippen LogP contribution is -2.48. The third-order valence-electron chi connectivity index (χ3n) is 8.21. The van der Waals surface area contributed by atoms with Gasteiger partial charge >= 0.3 is 16.3 Å². The zero-order valence-electron chi connectivity index (χ0n) is 25.8. The van der Waals surface area contributed by atoms with E-state index in [1.807, 2.05) is 65.9 Å². The summed E-state index contributed by atoms with van der Waals surface area (Å²) in [5.41, 5.74) is 1.36. The van der Waals surface area contributed by atoms with Crippen molar-refractivity contribution in [2.24, 2.45) is 5.92 Å². The molecule has 4 rings (SSSR count). The number of thioether (sulfide) groups is 1. The third kappa shape index (κ3) is 7.33. The summed E-state index contributed by atoms with van der Waals surface area (Å²) in [5, 5.41) is 11.3. The second-order valence-corrected chi connectivity index (χ2v) is 15.3. The van der Waals surface area contributed by atoms with Gasteiger partial charge in [-0.3, -0.25) is 0 Å². The smallest absolute Gasteiger partial charge is 0.385 e. The molecule has 0 aliphatic carbocycles. The molecule has 230 valence electrons. The second kappa shape index (κ2) is 12.6. The van der Waals surface area contributed by atoms with Crippen LogP contribution in [-0.4, -0.2) is 67.5 Å². The van der Waals surface area contributed by atoms with E-state index in [0.29, 0.717) is 38.2 Å². The van der Waals surface area contributed by atoms with Crippen LogP contribution in [0.1, 0.15) is 64.2 Å². The maximum atomic E-state index is 13.5. The Kier molecular flexibility index (Phi) is 9.72. The minimum Gasteiger partial charge on any atom is -0.511 e. The Morgan fingerprint density at radius 3 is 2.31 bits per heavy atom. The molecule has 2 aliphatic heterocycles. The first kappa shape index (κ1) is 32.4. The molecule has 1 fully saturated rings. The van der Waals surface area contributed by atoms with Crippen LogP contribution in [0.2, 0.25) is 0 Å². The number of cyclic esters (lactones) is 1. The fourth-order valence-corrected chi connectivity index (χ4v) is 7.68. The van der Waals surface area contributed by atoms with E-state index >= 15 is 0 Å². The van der Waals surface area contributed by atoms with Gasteiger partial charge in [0.05, 0.1) is 0 Å². The van der Waals surface area contributed by atoms with Crippen molar-refractivity contribution in [3.8, 4) is 5.75 Å². The van der Waals surface area contributed by atoms with Crippen molar-refractivity contribution in [3.05, 3.63) is 69.8 Å². The number of benzene rings is 2. The predicted octanol–water partition coefficient (Wildman–Crippen LogP) is 6.00. The summed E-state index contributed by atoms with van der Waals surface area (Å²) in [6.45, 7) is 13.9. The lowest BCUT2D eigenvalue weighted by molar-refractivity contribution is -0.164. The van der Waals surface area contributed by atoms with E-state index in [9.17, 15) is 18.3 Å². The average molecular weight is 617 g/mol. The van der Waals surface area contributed by atoms with Crippen LogP contribution >= 0.6 is 11.8 Å². The number of carbonyl (C=O) groups is 1. The zero-order valence-corrected chi connectivity index (χ0v) is 27.4. The number of nitrogens with zero attached hydrogens (tertiary/aromatic N) is 2. The first-order valence-corrected chi connectivity index (χ1v) is 16.7. The molecule has 0 saturated carbocycles. The number of likely N-dealkylation sites (N-methyl/N-ethyl adjacent to an activating group) is 1. The van der Waals surface area contributed by atoms with Crippen molar-refractivity contribution in [2.45, 2.75) is 76.7 Å². The summed E-state index contributed by atoms with van der Waals surface area (Å²) in [6.07, 6.45) is 1.57. The molecule has 1 N–H and O–H groups in total. The topological polar surface area (TPSA) is 96.4 Å². The number of aliphatic hydroxyl groups is 1. The van der Waals surface area contributed by atoms with Crippen LogP contribution < -0.4 is 4.18 Å². The molecule has 2 aromatic carbocycles. The standard InChI is InChI=1S/C32H44N2O6S2/c1-22(2)32(14-13-24-11-9-8-10-12-24)21-26(35)29(30(36)39-32)41-28-19-23(3)27(20-25(28)31(4,5)6)40-42(37,38)34-17-15-33(7)16-18-34/h8-12,19-20,22,35H,13-18,21H2,1-7H3. The summed E-state index contributed by atoms with van der Waals surface area (Å²) in [4.78, 5) is 16.4. The highest BCUT2D eigenvalue weighted by molar-refractivity contribution is 8.04. The van der Waals surface area contributed by atoms with Crippen LogP contribution in [0.3, 0.4) is 0 Å². The van der Waals surface area contributed by atoms with E-state index in [4.69, 9.17) is 8.92 Å². The van der Waals surface area contributed by atoms with Crippen LogP contribution in [0.25, 0.3) is 0 Å². The van der Waals surface area contributed by atoms with Crippen molar-refractivity contribution in [2.75, 3.05) is 33.2 Å². The van der Waals surface area contributed by atoms with Crippen LogP contribution in [0.4, 0.5) is 0 Å². The van der Waals surface area contributed by atoms with Gasteiger partial charge in [-0.2, -0.15) is 12.7 Å². The molecule has 1 saturated heterocycles. The largest absolute Gasteiger partial charge is 0.511 e. The summed E-state index contributed by atoms with van der Waals surface area (Å²) in [7, 11) is -2.01. The Hall–Kier alpha value is -2.53. The fraction of sp³-hybridized carbons (Fsp3) is 0.531. The Morgan fingerprint density at radius 2 is 1.74 bits per heavy atom. The van der Waals surface area contributed by atoms with Crippen molar-refractivity contribution in [1.29, 1.82) is 0 Å². The number of rotatable bonds is 9. The van der Waals surface area contributed by atoms with Gasteiger partial charge in [-0.15, -0.1) is 0 Å². The van der Waals surface area contributed by atoms with Gasteiger partial charge in [0.25, 0.3) is 0 Å². The van der Waals surface area contributed by atoms with Gasteiger partial charge in [-0.25, -0.2) is 4.79 Å².